The van der Waals surface area contributed by atoms with Gasteiger partial charge < -0.3 is 0 Å². The van der Waals surface area contributed by atoms with E-state index in [0.29, 0.717) is 12.8 Å². The van der Waals surface area contributed by atoms with E-state index in [2.05, 4.69) is 0 Å². The molecule has 6 nitrogen and oxygen atoms in total. The Morgan fingerprint density at radius 1 is 1.08 bits per heavy atom. The highest BCUT2D eigenvalue weighted by molar-refractivity contribution is 5.74. The summed E-state index contributed by atoms with van der Waals surface area (Å²) in [7, 11) is 0. The Morgan fingerprint density at radius 2 is 1.54 bits per heavy atom. The van der Waals surface area contributed by atoms with Crippen molar-refractivity contribution in [2.45, 2.75) is 33.1 Å². The number of rotatable bonds is 3. The molecule has 0 aliphatic rings. The number of amides is 2. The van der Waals surface area contributed by atoms with Crippen LogP contribution in [0.15, 0.2) is 0 Å². The van der Waals surface area contributed by atoms with Gasteiger partial charge in [0.25, 0.3) is 0 Å². The lowest BCUT2D eigenvalue weighted by atomic mass is 10.3. The van der Waals surface area contributed by atoms with E-state index in [1.165, 1.54) is 11.0 Å². The molecule has 4 N–H and O–H groups in total. The SMILES string of the molecule is CCC(=O)NO.CCCC(=O)NO. The molecular formula is C7H16N2O4. The molecule has 0 aromatic rings. The zero-order valence-corrected chi connectivity index (χ0v) is 7.83. The van der Waals surface area contributed by atoms with E-state index in [1.807, 2.05) is 6.92 Å². The molecule has 6 heteroatoms. The number of hydrogen-bond acceptors (Lipinski definition) is 4. The Balaban J connectivity index is 0. The summed E-state index contributed by atoms with van der Waals surface area (Å²) in [4.78, 5) is 19.9. The molecule has 0 saturated carbocycles. The molecule has 0 rings (SSSR count). The van der Waals surface area contributed by atoms with Crippen molar-refractivity contribution in [3.63, 3.8) is 0 Å². The number of carbonyl (C=O) groups is 2. The lowest BCUT2D eigenvalue weighted by Gasteiger charge is -1.89. The van der Waals surface area contributed by atoms with E-state index < -0.39 is 0 Å². The number of carbonyl (C=O) groups excluding carboxylic acids is 2. The van der Waals surface area contributed by atoms with E-state index in [9.17, 15) is 9.59 Å². The van der Waals surface area contributed by atoms with Crippen molar-refractivity contribution in [1.29, 1.82) is 0 Å². The third-order valence-electron chi connectivity index (χ3n) is 1.05. The molecular weight excluding hydrogens is 176 g/mol. The summed E-state index contributed by atoms with van der Waals surface area (Å²) < 4.78 is 0. The van der Waals surface area contributed by atoms with Crippen LogP contribution >= 0.6 is 0 Å². The molecule has 0 saturated heterocycles. The van der Waals surface area contributed by atoms with Crippen LogP contribution < -0.4 is 11.0 Å². The van der Waals surface area contributed by atoms with Gasteiger partial charge in [-0.2, -0.15) is 0 Å². The summed E-state index contributed by atoms with van der Waals surface area (Å²) >= 11 is 0. The normalized spacial score (nSPS) is 8.00. The highest BCUT2D eigenvalue weighted by atomic mass is 16.5. The molecule has 0 aromatic carbocycles. The van der Waals surface area contributed by atoms with Gasteiger partial charge in [0.1, 0.15) is 0 Å². The minimum absolute atomic E-state index is 0.317. The van der Waals surface area contributed by atoms with Gasteiger partial charge in [0, 0.05) is 12.8 Å². The van der Waals surface area contributed by atoms with Crippen molar-refractivity contribution in [3.05, 3.63) is 0 Å². The summed E-state index contributed by atoms with van der Waals surface area (Å²) in [5.74, 6) is -0.669. The molecule has 0 heterocycles. The highest BCUT2D eigenvalue weighted by Gasteiger charge is 1.91. The van der Waals surface area contributed by atoms with Crippen LogP contribution in [0.2, 0.25) is 0 Å². The Bertz CT molecular complexity index is 143. The molecule has 0 unspecified atom stereocenters. The highest BCUT2D eigenvalue weighted by Crippen LogP contribution is 1.82. The lowest BCUT2D eigenvalue weighted by molar-refractivity contribution is -0.129. The molecule has 0 atom stereocenters. The summed E-state index contributed by atoms with van der Waals surface area (Å²) in [5.41, 5.74) is 3.00. The molecule has 0 spiro atoms. The van der Waals surface area contributed by atoms with Gasteiger partial charge in [-0.1, -0.05) is 13.8 Å². The van der Waals surface area contributed by atoms with Gasteiger partial charge in [-0.05, 0) is 6.42 Å². The van der Waals surface area contributed by atoms with E-state index >= 15 is 0 Å². The maximum atomic E-state index is 10.1. The maximum absolute atomic E-state index is 10.1. The van der Waals surface area contributed by atoms with Crippen LogP contribution in [0.3, 0.4) is 0 Å². The summed E-state index contributed by atoms with van der Waals surface area (Å²) in [6, 6.07) is 0. The van der Waals surface area contributed by atoms with Crippen LogP contribution in [-0.2, 0) is 9.59 Å². The fourth-order valence-corrected chi connectivity index (χ4v) is 0.362. The van der Waals surface area contributed by atoms with E-state index in [-0.39, 0.29) is 11.8 Å². The fraction of sp³-hybridized carbons (Fsp3) is 0.714. The predicted octanol–water partition coefficient (Wildman–Crippen LogP) is 0.194. The fourth-order valence-electron chi connectivity index (χ4n) is 0.362. The summed E-state index contributed by atoms with van der Waals surface area (Å²) in [6.07, 6.45) is 1.50. The average molecular weight is 192 g/mol. The van der Waals surface area contributed by atoms with Crippen LogP contribution in [0.25, 0.3) is 0 Å². The van der Waals surface area contributed by atoms with Crippen LogP contribution in [0, 0.1) is 0 Å². The topological polar surface area (TPSA) is 98.7 Å². The van der Waals surface area contributed by atoms with Gasteiger partial charge >= 0.3 is 0 Å². The molecule has 0 aliphatic heterocycles. The van der Waals surface area contributed by atoms with E-state index in [1.54, 1.807) is 6.92 Å². The second-order valence-corrected chi connectivity index (χ2v) is 2.17. The molecule has 13 heavy (non-hydrogen) atoms. The van der Waals surface area contributed by atoms with Crippen LogP contribution in [-0.4, -0.2) is 22.2 Å². The van der Waals surface area contributed by atoms with Crippen LogP contribution in [0.1, 0.15) is 33.1 Å². The molecule has 0 bridgehead atoms. The monoisotopic (exact) mass is 192 g/mol. The zero-order valence-electron chi connectivity index (χ0n) is 7.83. The quantitative estimate of drug-likeness (QED) is 0.379. The summed E-state index contributed by atoms with van der Waals surface area (Å²) in [6.45, 7) is 3.53. The minimum atomic E-state index is -0.352. The van der Waals surface area contributed by atoms with E-state index in [0.717, 1.165) is 6.42 Å². The Labute approximate surface area is 76.9 Å². The first-order valence-corrected chi connectivity index (χ1v) is 3.98. The lowest BCUT2D eigenvalue weighted by Crippen LogP contribution is -2.17. The molecule has 0 fully saturated rings. The Kier molecular flexibility index (Phi) is 12.0. The zero-order chi connectivity index (χ0) is 10.7. The number of hydroxylamine groups is 2. The molecule has 78 valence electrons. The van der Waals surface area contributed by atoms with E-state index in [4.69, 9.17) is 10.4 Å². The standard InChI is InChI=1S/C4H9NO2.C3H7NO2/c1-2-3-4(6)5-7;1-2-3(5)4-6/h7H,2-3H2,1H3,(H,5,6);6H,2H2,1H3,(H,4,5). The van der Waals surface area contributed by atoms with Crippen molar-refractivity contribution in [2.75, 3.05) is 0 Å². The third-order valence-corrected chi connectivity index (χ3v) is 1.05. The smallest absolute Gasteiger partial charge is 0.243 e. The van der Waals surface area contributed by atoms with Gasteiger partial charge in [0.15, 0.2) is 0 Å². The Morgan fingerprint density at radius 3 is 1.62 bits per heavy atom. The second kappa shape index (κ2) is 10.9. The number of nitrogens with one attached hydrogen (secondary N) is 2. The largest absolute Gasteiger partial charge is 0.289 e. The maximum Gasteiger partial charge on any atom is 0.243 e. The van der Waals surface area contributed by atoms with Crippen molar-refractivity contribution in [1.82, 2.24) is 11.0 Å². The number of hydrogen-bond donors (Lipinski definition) is 4. The van der Waals surface area contributed by atoms with Crippen LogP contribution in [0.4, 0.5) is 0 Å². The van der Waals surface area contributed by atoms with Crippen molar-refractivity contribution < 1.29 is 20.0 Å². The van der Waals surface area contributed by atoms with Gasteiger partial charge in [-0.3, -0.25) is 20.0 Å². The predicted molar refractivity (Wildman–Crippen MR) is 45.1 cm³/mol. The second-order valence-electron chi connectivity index (χ2n) is 2.17. The minimum Gasteiger partial charge on any atom is -0.289 e. The first-order valence-electron chi connectivity index (χ1n) is 3.98. The molecule has 0 aliphatic carbocycles. The van der Waals surface area contributed by atoms with Gasteiger partial charge in [0.05, 0.1) is 0 Å². The van der Waals surface area contributed by atoms with Crippen molar-refractivity contribution in [3.8, 4) is 0 Å². The van der Waals surface area contributed by atoms with Crippen molar-refractivity contribution >= 4 is 11.8 Å². The molecule has 0 aromatic heterocycles. The first-order chi connectivity index (χ1) is 6.12. The summed E-state index contributed by atoms with van der Waals surface area (Å²) in [5, 5.41) is 15.6. The first kappa shape index (κ1) is 14.4. The Hall–Kier alpha value is -1.14. The molecule has 0 radical (unpaired) electrons. The van der Waals surface area contributed by atoms with Crippen LogP contribution in [0.5, 0.6) is 0 Å². The van der Waals surface area contributed by atoms with Gasteiger partial charge in [0.2, 0.25) is 11.8 Å². The van der Waals surface area contributed by atoms with Gasteiger partial charge in [-0.15, -0.1) is 0 Å². The third kappa shape index (κ3) is 13.8. The van der Waals surface area contributed by atoms with Crippen molar-refractivity contribution in [2.24, 2.45) is 0 Å². The van der Waals surface area contributed by atoms with Gasteiger partial charge in [-0.25, -0.2) is 11.0 Å². The average Bonchev–Trinajstić information content (AvgIpc) is 2.18. The molecule has 2 amide bonds.